The minimum absolute atomic E-state index is 0. The molecule has 0 spiro atoms. The second-order valence-electron chi connectivity index (χ2n) is 9.64. The Morgan fingerprint density at radius 3 is 0.891 bits per heavy atom. The van der Waals surface area contributed by atoms with Crippen molar-refractivity contribution in [3.63, 3.8) is 0 Å². The first-order valence-corrected chi connectivity index (χ1v) is 13.2. The van der Waals surface area contributed by atoms with Crippen molar-refractivity contribution in [2.24, 2.45) is 0 Å². The van der Waals surface area contributed by atoms with Crippen LogP contribution in [0.3, 0.4) is 0 Å². The van der Waals surface area contributed by atoms with Crippen LogP contribution in [0.15, 0.2) is 110 Å². The van der Waals surface area contributed by atoms with E-state index in [4.69, 9.17) is 0 Å². The minimum Gasteiger partial charge on any atom is -2.00 e. The first-order chi connectivity index (χ1) is 19.6. The molecule has 12 nitrogen and oxygen atoms in total. The number of hydrogen-bond acceptors (Lipinski definition) is 8. The third kappa shape index (κ3) is 13.4. The fourth-order valence-corrected chi connectivity index (χ4v) is 4.59. The molecule has 0 saturated heterocycles. The summed E-state index contributed by atoms with van der Waals surface area (Å²) in [5.41, 5.74) is 4.44. The molecule has 14 heteroatoms. The van der Waals surface area contributed by atoms with Crippen LogP contribution in [0.4, 0.5) is 0 Å². The third-order valence-electron chi connectivity index (χ3n) is 6.48. The summed E-state index contributed by atoms with van der Waals surface area (Å²) in [7, 11) is 0. The largest absolute Gasteiger partial charge is 2.00 e. The third-order valence-corrected chi connectivity index (χ3v) is 6.48. The van der Waals surface area contributed by atoms with Gasteiger partial charge < -0.3 is 32.1 Å². The van der Waals surface area contributed by atoms with E-state index in [0.29, 0.717) is 50.4 Å². The molecule has 244 valence electrons. The normalized spacial score (nSPS) is 9.78. The van der Waals surface area contributed by atoms with Gasteiger partial charge in [-0.2, -0.15) is 0 Å². The summed E-state index contributed by atoms with van der Waals surface area (Å²) in [4.78, 5) is 21.9. The van der Waals surface area contributed by atoms with Crippen LogP contribution in [0, 0.1) is 0 Å². The molecular weight excluding hydrogens is 666 g/mol. The van der Waals surface area contributed by atoms with Gasteiger partial charge in [-0.15, -0.1) is 11.5 Å². The van der Waals surface area contributed by atoms with Crippen LogP contribution >= 0.6 is 0 Å². The van der Waals surface area contributed by atoms with E-state index < -0.39 is 0 Å². The number of hydrogen-bond donors (Lipinski definition) is 0. The van der Waals surface area contributed by atoms with Crippen molar-refractivity contribution >= 4 is 0 Å². The zero-order chi connectivity index (χ0) is 27.6. The molecule has 0 saturated carbocycles. The van der Waals surface area contributed by atoms with E-state index in [-0.39, 0.29) is 70.5 Å². The Hall–Kier alpha value is -3.65. The Labute approximate surface area is 292 Å². The summed E-state index contributed by atoms with van der Waals surface area (Å²) in [5, 5.41) is 26.6. The molecule has 2 radical (unpaired) electrons. The zero-order valence-electron chi connectivity index (χ0n) is 24.7. The van der Waals surface area contributed by atoms with Crippen molar-refractivity contribution in [3.8, 4) is 11.5 Å². The molecule has 1 aromatic carbocycles. The fourth-order valence-electron chi connectivity index (χ4n) is 4.59. The minimum atomic E-state index is -0.155. The van der Waals surface area contributed by atoms with Crippen LogP contribution in [0.5, 0.6) is 11.5 Å². The number of pyridine rings is 4. The summed E-state index contributed by atoms with van der Waals surface area (Å²) in [6.45, 7) is 2.72. The van der Waals surface area contributed by atoms with Gasteiger partial charge in [-0.25, -0.2) is 0 Å². The van der Waals surface area contributed by atoms with Crippen LogP contribution in [0.1, 0.15) is 33.9 Å². The smallest absolute Gasteiger partial charge is 0.0544 e. The first kappa shape index (κ1) is 44.5. The Kier molecular flexibility index (Phi) is 22.0. The maximum Gasteiger partial charge on any atom is 0.0544 e. The van der Waals surface area contributed by atoms with Crippen molar-refractivity contribution in [1.82, 2.24) is 29.7 Å². The van der Waals surface area contributed by atoms with E-state index in [1.165, 1.54) is 12.1 Å². The molecule has 0 aliphatic heterocycles. The number of rotatable bonds is 12. The predicted octanol–water partition coefficient (Wildman–Crippen LogP) is 3.34. The molecule has 46 heavy (non-hydrogen) atoms. The molecule has 0 unspecified atom stereocenters. The van der Waals surface area contributed by atoms with Gasteiger partial charge in [0.1, 0.15) is 0 Å². The topological polar surface area (TPSA) is 218 Å². The molecule has 0 aliphatic rings. The van der Waals surface area contributed by atoms with Gasteiger partial charge in [0, 0.05) is 101 Å². The molecule has 0 bridgehead atoms. The van der Waals surface area contributed by atoms with E-state index in [1.54, 1.807) is 24.8 Å². The summed E-state index contributed by atoms with van der Waals surface area (Å²) in [5.74, 6) is -0.311. The molecule has 4 aromatic heterocycles. The molecule has 0 N–H and O–H groups in total. The van der Waals surface area contributed by atoms with Crippen LogP contribution in [0.2, 0.25) is 0 Å². The SMILES string of the molecule is [O-2].[O-2].[O-2].[O-2].[O-]c1cc(CN(Cc2ccccn2)Cc2ccccn2)c([O-])cc1CN(Cc1ccccn1)Cc1ccccn1.[V].[V]. The zero-order valence-corrected chi connectivity index (χ0v) is 27.5. The van der Waals surface area contributed by atoms with Gasteiger partial charge in [-0.05, 0) is 59.7 Å². The van der Waals surface area contributed by atoms with Gasteiger partial charge in [-0.1, -0.05) is 36.4 Å². The second-order valence-corrected chi connectivity index (χ2v) is 9.64. The average molecular weight is 697 g/mol. The number of nitrogens with zero attached hydrogens (tertiary/aromatic N) is 6. The maximum absolute atomic E-state index is 13.3. The Morgan fingerprint density at radius 1 is 0.413 bits per heavy atom. The van der Waals surface area contributed by atoms with Crippen LogP contribution in [-0.2, 0) is 98.3 Å². The monoisotopic (exact) mass is 696 g/mol. The number of benzene rings is 1. The quantitative estimate of drug-likeness (QED) is 0.188. The van der Waals surface area contributed by atoms with Gasteiger partial charge >= 0.3 is 0 Å². The van der Waals surface area contributed by atoms with Gasteiger partial charge in [0.2, 0.25) is 0 Å². The van der Waals surface area contributed by atoms with E-state index in [1.807, 2.05) is 72.8 Å². The molecular formula is C32H30N6O6V2-10. The van der Waals surface area contributed by atoms with Crippen molar-refractivity contribution in [3.05, 3.63) is 144 Å². The molecule has 0 amide bonds. The molecule has 0 aliphatic carbocycles. The van der Waals surface area contributed by atoms with E-state index in [9.17, 15) is 10.2 Å². The molecule has 4 heterocycles. The summed E-state index contributed by atoms with van der Waals surface area (Å²) >= 11 is 0. The van der Waals surface area contributed by atoms with Crippen molar-refractivity contribution < 1.29 is 69.2 Å². The van der Waals surface area contributed by atoms with Crippen molar-refractivity contribution in [1.29, 1.82) is 0 Å². The van der Waals surface area contributed by atoms with Crippen LogP contribution < -0.4 is 10.2 Å². The summed E-state index contributed by atoms with van der Waals surface area (Å²) in [6, 6.07) is 26.0. The first-order valence-electron chi connectivity index (χ1n) is 13.2. The van der Waals surface area contributed by atoms with Gasteiger partial charge in [0.25, 0.3) is 0 Å². The fraction of sp³-hybridized carbons (Fsp3) is 0.188. The number of aromatic nitrogens is 4. The molecule has 0 atom stereocenters. The molecule has 5 aromatic rings. The second kappa shape index (κ2) is 22.8. The Morgan fingerprint density at radius 2 is 0.674 bits per heavy atom. The van der Waals surface area contributed by atoms with Gasteiger partial charge in [0.05, 0.1) is 22.8 Å². The van der Waals surface area contributed by atoms with E-state index >= 15 is 0 Å². The predicted molar refractivity (Wildman–Crippen MR) is 151 cm³/mol. The Balaban J connectivity index is 0. The van der Waals surface area contributed by atoms with Crippen LogP contribution in [0.25, 0.3) is 0 Å². The van der Waals surface area contributed by atoms with E-state index in [0.717, 1.165) is 22.8 Å². The van der Waals surface area contributed by atoms with E-state index in [2.05, 4.69) is 29.7 Å². The molecule has 0 fully saturated rings. The molecule has 5 rings (SSSR count). The van der Waals surface area contributed by atoms with Gasteiger partial charge in [-0.3, -0.25) is 29.7 Å². The van der Waals surface area contributed by atoms with Gasteiger partial charge in [0.15, 0.2) is 0 Å². The Bertz CT molecular complexity index is 1300. The summed E-state index contributed by atoms with van der Waals surface area (Å²) in [6.07, 6.45) is 7.00. The van der Waals surface area contributed by atoms with Crippen LogP contribution in [-0.4, -0.2) is 29.7 Å². The standard InChI is InChI=1S/C32H32N6O2.4O.2V/c39-31-18-26(20-38(23-29-11-3-7-15-35-29)24-30-12-4-8-16-36-30)32(40)17-25(31)19-37(21-27-9-1-5-13-33-27)22-28-10-2-6-14-34-28;;;;;;/h1-18,39-40H,19-24H2;;;;;;/q;4*-2;;/p-2. The van der Waals surface area contributed by atoms with Crippen molar-refractivity contribution in [2.45, 2.75) is 39.3 Å². The summed E-state index contributed by atoms with van der Waals surface area (Å²) < 4.78 is 0. The average Bonchev–Trinajstić information content (AvgIpc) is 2.98. The maximum atomic E-state index is 13.3. The van der Waals surface area contributed by atoms with Crippen molar-refractivity contribution in [2.75, 3.05) is 0 Å².